The Morgan fingerprint density at radius 2 is 2.24 bits per heavy atom. The van der Waals surface area contributed by atoms with E-state index in [2.05, 4.69) is 10.3 Å². The molecule has 0 saturated carbocycles. The second-order valence-corrected chi connectivity index (χ2v) is 4.75. The first kappa shape index (κ1) is 13.5. The quantitative estimate of drug-likeness (QED) is 0.841. The monoisotopic (exact) mass is 242 g/mol. The Bertz CT molecular complexity index is 356. The van der Waals surface area contributed by atoms with E-state index < -0.39 is 23.8 Å². The van der Waals surface area contributed by atoms with Crippen molar-refractivity contribution < 1.29 is 19.1 Å². The van der Waals surface area contributed by atoms with Crippen LogP contribution in [-0.4, -0.2) is 27.8 Å². The molecule has 1 unspecified atom stereocenters. The number of aliphatic hydroxyl groups is 1. The third-order valence-corrected chi connectivity index (χ3v) is 1.92. The molecule has 0 aliphatic carbocycles. The number of carbonyl (C=O) groups excluding carboxylic acids is 1. The molecule has 1 amide bonds. The van der Waals surface area contributed by atoms with Crippen molar-refractivity contribution in [1.82, 2.24) is 10.3 Å². The SMILES string of the molecule is C[C@H](NC(=O)OC(C)(C)C)C(O)c1ncco1. The number of carbonyl (C=O) groups is 1. The smallest absolute Gasteiger partial charge is 0.407 e. The van der Waals surface area contributed by atoms with Crippen LogP contribution >= 0.6 is 0 Å². The number of oxazole rings is 1. The first-order valence-corrected chi connectivity index (χ1v) is 5.36. The number of amides is 1. The van der Waals surface area contributed by atoms with Gasteiger partial charge in [0.05, 0.1) is 12.2 Å². The van der Waals surface area contributed by atoms with Crippen LogP contribution in [0.3, 0.4) is 0 Å². The summed E-state index contributed by atoms with van der Waals surface area (Å²) in [6, 6.07) is -0.552. The van der Waals surface area contributed by atoms with Crippen LogP contribution in [0, 0.1) is 0 Å². The lowest BCUT2D eigenvalue weighted by Gasteiger charge is -2.23. The lowest BCUT2D eigenvalue weighted by molar-refractivity contribution is 0.0408. The minimum absolute atomic E-state index is 0.161. The van der Waals surface area contributed by atoms with E-state index in [4.69, 9.17) is 9.15 Å². The highest BCUT2D eigenvalue weighted by Crippen LogP contribution is 2.15. The van der Waals surface area contributed by atoms with Gasteiger partial charge in [0.25, 0.3) is 0 Å². The van der Waals surface area contributed by atoms with E-state index in [-0.39, 0.29) is 5.89 Å². The fraction of sp³-hybridized carbons (Fsp3) is 0.636. The van der Waals surface area contributed by atoms with E-state index in [9.17, 15) is 9.90 Å². The average molecular weight is 242 g/mol. The molecule has 1 aromatic heterocycles. The summed E-state index contributed by atoms with van der Waals surface area (Å²) in [7, 11) is 0. The molecule has 0 radical (unpaired) electrons. The number of hydrogen-bond acceptors (Lipinski definition) is 5. The van der Waals surface area contributed by atoms with Gasteiger partial charge in [-0.05, 0) is 27.7 Å². The summed E-state index contributed by atoms with van der Waals surface area (Å²) in [5.41, 5.74) is -0.572. The number of rotatable bonds is 3. The first-order valence-electron chi connectivity index (χ1n) is 5.36. The minimum Gasteiger partial charge on any atom is -0.446 e. The van der Waals surface area contributed by atoms with Crippen molar-refractivity contribution in [1.29, 1.82) is 0 Å². The molecule has 0 fully saturated rings. The third-order valence-electron chi connectivity index (χ3n) is 1.92. The number of alkyl carbamates (subject to hydrolysis) is 1. The van der Waals surface area contributed by atoms with Crippen LogP contribution in [0.4, 0.5) is 4.79 Å². The van der Waals surface area contributed by atoms with Crippen molar-refractivity contribution in [3.05, 3.63) is 18.4 Å². The Morgan fingerprint density at radius 1 is 1.59 bits per heavy atom. The highest BCUT2D eigenvalue weighted by Gasteiger charge is 2.24. The molecule has 96 valence electrons. The number of aromatic nitrogens is 1. The topological polar surface area (TPSA) is 84.6 Å². The molecule has 1 aromatic rings. The summed E-state index contributed by atoms with van der Waals surface area (Å²) < 4.78 is 10.0. The van der Waals surface area contributed by atoms with Crippen molar-refractivity contribution in [3.8, 4) is 0 Å². The Labute approximate surface area is 100.0 Å². The maximum absolute atomic E-state index is 11.4. The molecule has 0 bridgehead atoms. The first-order chi connectivity index (χ1) is 7.79. The minimum atomic E-state index is -1.00. The van der Waals surface area contributed by atoms with Crippen LogP contribution in [0.2, 0.25) is 0 Å². The van der Waals surface area contributed by atoms with E-state index in [0.29, 0.717) is 0 Å². The molecule has 0 spiro atoms. The number of nitrogens with one attached hydrogen (secondary N) is 1. The summed E-state index contributed by atoms with van der Waals surface area (Å²) in [6.07, 6.45) is 1.20. The van der Waals surface area contributed by atoms with Gasteiger partial charge in [-0.15, -0.1) is 0 Å². The van der Waals surface area contributed by atoms with Crippen LogP contribution < -0.4 is 5.32 Å². The molecule has 0 aliphatic heterocycles. The molecule has 2 N–H and O–H groups in total. The van der Waals surface area contributed by atoms with Gasteiger partial charge in [0, 0.05) is 0 Å². The Kier molecular flexibility index (Phi) is 4.11. The number of aliphatic hydroxyl groups excluding tert-OH is 1. The van der Waals surface area contributed by atoms with Crippen LogP contribution in [0.1, 0.15) is 39.7 Å². The molecule has 17 heavy (non-hydrogen) atoms. The normalized spacial score (nSPS) is 15.1. The summed E-state index contributed by atoms with van der Waals surface area (Å²) in [6.45, 7) is 6.93. The van der Waals surface area contributed by atoms with Crippen molar-refractivity contribution in [3.63, 3.8) is 0 Å². The fourth-order valence-corrected chi connectivity index (χ4v) is 1.17. The molecule has 1 rings (SSSR count). The predicted octanol–water partition coefficient (Wildman–Crippen LogP) is 1.62. The molecular weight excluding hydrogens is 224 g/mol. The van der Waals surface area contributed by atoms with Crippen molar-refractivity contribution in [2.24, 2.45) is 0 Å². The van der Waals surface area contributed by atoms with Crippen LogP contribution in [0.5, 0.6) is 0 Å². The number of nitrogens with zero attached hydrogens (tertiary/aromatic N) is 1. The third kappa shape index (κ3) is 4.44. The zero-order chi connectivity index (χ0) is 13.1. The van der Waals surface area contributed by atoms with E-state index in [0.717, 1.165) is 0 Å². The van der Waals surface area contributed by atoms with Gasteiger partial charge in [-0.3, -0.25) is 0 Å². The van der Waals surface area contributed by atoms with Gasteiger partial charge in [0.15, 0.2) is 0 Å². The molecule has 6 nitrogen and oxygen atoms in total. The Balaban J connectivity index is 2.49. The summed E-state index contributed by atoms with van der Waals surface area (Å²) in [4.78, 5) is 15.3. The highest BCUT2D eigenvalue weighted by atomic mass is 16.6. The summed E-state index contributed by atoms with van der Waals surface area (Å²) in [5.74, 6) is 0.161. The summed E-state index contributed by atoms with van der Waals surface area (Å²) in [5, 5.41) is 12.3. The lowest BCUT2D eigenvalue weighted by atomic mass is 10.2. The Hall–Kier alpha value is -1.56. The maximum atomic E-state index is 11.4. The molecule has 2 atom stereocenters. The zero-order valence-electron chi connectivity index (χ0n) is 10.4. The number of hydrogen-bond donors (Lipinski definition) is 2. The highest BCUT2D eigenvalue weighted by molar-refractivity contribution is 5.68. The van der Waals surface area contributed by atoms with Gasteiger partial charge in [-0.1, -0.05) is 0 Å². The van der Waals surface area contributed by atoms with Crippen molar-refractivity contribution in [2.45, 2.75) is 45.4 Å². The second-order valence-electron chi connectivity index (χ2n) is 4.75. The van der Waals surface area contributed by atoms with E-state index >= 15 is 0 Å². The average Bonchev–Trinajstić information content (AvgIpc) is 2.65. The summed E-state index contributed by atoms with van der Waals surface area (Å²) >= 11 is 0. The fourth-order valence-electron chi connectivity index (χ4n) is 1.17. The number of ether oxygens (including phenoxy) is 1. The van der Waals surface area contributed by atoms with Gasteiger partial charge in [-0.2, -0.15) is 0 Å². The predicted molar refractivity (Wildman–Crippen MR) is 60.3 cm³/mol. The van der Waals surface area contributed by atoms with Gasteiger partial charge < -0.3 is 19.6 Å². The zero-order valence-corrected chi connectivity index (χ0v) is 10.4. The Morgan fingerprint density at radius 3 is 2.71 bits per heavy atom. The van der Waals surface area contributed by atoms with Gasteiger partial charge in [-0.25, -0.2) is 9.78 Å². The lowest BCUT2D eigenvalue weighted by Crippen LogP contribution is -2.40. The van der Waals surface area contributed by atoms with Gasteiger partial charge >= 0.3 is 6.09 Å². The van der Waals surface area contributed by atoms with E-state index in [1.165, 1.54) is 12.5 Å². The van der Waals surface area contributed by atoms with Crippen LogP contribution in [0.15, 0.2) is 16.9 Å². The maximum Gasteiger partial charge on any atom is 0.407 e. The van der Waals surface area contributed by atoms with Crippen molar-refractivity contribution >= 4 is 6.09 Å². The van der Waals surface area contributed by atoms with Gasteiger partial charge in [0.1, 0.15) is 18.0 Å². The largest absolute Gasteiger partial charge is 0.446 e. The molecule has 1 heterocycles. The van der Waals surface area contributed by atoms with E-state index in [1.54, 1.807) is 27.7 Å². The molecule has 0 aromatic carbocycles. The van der Waals surface area contributed by atoms with Crippen LogP contribution in [0.25, 0.3) is 0 Å². The molecule has 0 saturated heterocycles. The standard InChI is InChI=1S/C11H18N2O4/c1-7(8(14)9-12-5-6-16-9)13-10(15)17-11(2,3)4/h5-8,14H,1-4H3,(H,13,15)/t7-,8?/m0/s1. The second kappa shape index (κ2) is 5.18. The molecule has 0 aliphatic rings. The van der Waals surface area contributed by atoms with Crippen LogP contribution in [-0.2, 0) is 4.74 Å². The van der Waals surface area contributed by atoms with Gasteiger partial charge in [0.2, 0.25) is 5.89 Å². The molecular formula is C11H18N2O4. The van der Waals surface area contributed by atoms with E-state index in [1.807, 2.05) is 0 Å². The molecule has 6 heteroatoms. The van der Waals surface area contributed by atoms with Crippen molar-refractivity contribution in [2.75, 3.05) is 0 Å².